The molecule has 2 rings (SSSR count). The van der Waals surface area contributed by atoms with Gasteiger partial charge in [-0.1, -0.05) is 29.3 Å². The highest BCUT2D eigenvalue weighted by atomic mass is 35.5. The Hall–Kier alpha value is -1.22. The second-order valence-electron chi connectivity index (χ2n) is 5.11. The van der Waals surface area contributed by atoms with Gasteiger partial charge in [0.25, 0.3) is 0 Å². The van der Waals surface area contributed by atoms with Gasteiger partial charge in [0.1, 0.15) is 0 Å². The number of hydrogen-bond donors (Lipinski definition) is 0. The third-order valence-electron chi connectivity index (χ3n) is 3.45. The Morgan fingerprint density at radius 3 is 1.73 bits per heavy atom. The van der Waals surface area contributed by atoms with Gasteiger partial charge in [0.05, 0.1) is 0 Å². The van der Waals surface area contributed by atoms with E-state index in [1.807, 2.05) is 55.5 Å². The predicted octanol–water partition coefficient (Wildman–Crippen LogP) is 5.99. The third kappa shape index (κ3) is 3.95. The monoisotopic (exact) mass is 352 g/mol. The zero-order chi connectivity index (χ0) is 16.2. The normalized spacial score (nSPS) is 12.5. The fourth-order valence-electron chi connectivity index (χ4n) is 2.29. The van der Waals surface area contributed by atoms with Crippen molar-refractivity contribution in [3.8, 4) is 0 Å². The fraction of sp³-hybridized carbons (Fsp3) is 0.167. The fourth-order valence-corrected chi connectivity index (χ4v) is 5.29. The number of rotatable bonds is 5. The highest BCUT2D eigenvalue weighted by Crippen LogP contribution is 2.59. The number of benzene rings is 2. The highest BCUT2D eigenvalue weighted by molar-refractivity contribution is 8.33. The summed E-state index contributed by atoms with van der Waals surface area (Å²) in [4.78, 5) is 14.5. The van der Waals surface area contributed by atoms with Crippen LogP contribution in [0.25, 0.3) is 0 Å². The highest BCUT2D eigenvalue weighted by Gasteiger charge is 2.25. The van der Waals surface area contributed by atoms with Crippen LogP contribution in [0, 0.1) is 0 Å². The summed E-state index contributed by atoms with van der Waals surface area (Å²) in [5.41, 5.74) is 0. The van der Waals surface area contributed by atoms with E-state index in [1.165, 1.54) is 0 Å². The van der Waals surface area contributed by atoms with Crippen molar-refractivity contribution < 1.29 is 4.79 Å². The third-order valence-corrected chi connectivity index (χ3v) is 7.44. The maximum Gasteiger partial charge on any atom is 0.164 e. The zero-order valence-corrected chi connectivity index (χ0v) is 14.9. The van der Waals surface area contributed by atoms with E-state index in [4.69, 9.17) is 23.2 Å². The summed E-state index contributed by atoms with van der Waals surface area (Å²) in [6.45, 7) is 1.86. The number of ketones is 1. The Bertz CT molecular complexity index is 630. The average Bonchev–Trinajstić information content (AvgIpc) is 2.48. The molecule has 0 amide bonds. The first-order valence-corrected chi connectivity index (χ1v) is 9.85. The van der Waals surface area contributed by atoms with E-state index < -0.39 is 10.0 Å². The van der Waals surface area contributed by atoms with Gasteiger partial charge in [0, 0.05) is 15.8 Å². The Kier molecular flexibility index (Phi) is 5.74. The molecule has 116 valence electrons. The van der Waals surface area contributed by atoms with E-state index in [0.717, 1.165) is 9.79 Å². The molecular formula is C18H18Cl2OS. The van der Waals surface area contributed by atoms with Crippen molar-refractivity contribution in [2.24, 2.45) is 0 Å². The van der Waals surface area contributed by atoms with Gasteiger partial charge in [-0.25, -0.2) is 0 Å². The Morgan fingerprint density at radius 1 is 0.955 bits per heavy atom. The maximum absolute atomic E-state index is 12.2. The van der Waals surface area contributed by atoms with Crippen molar-refractivity contribution >= 4 is 39.0 Å². The molecule has 0 heterocycles. The van der Waals surface area contributed by atoms with Crippen molar-refractivity contribution in [3.05, 3.63) is 70.7 Å². The lowest BCUT2D eigenvalue weighted by Crippen LogP contribution is -2.12. The second kappa shape index (κ2) is 7.36. The smallest absolute Gasteiger partial charge is 0.164 e. The molecule has 0 N–H and O–H groups in total. The summed E-state index contributed by atoms with van der Waals surface area (Å²) in [6, 6.07) is 15.5. The lowest BCUT2D eigenvalue weighted by atomic mass is 10.4. The Morgan fingerprint density at radius 2 is 1.36 bits per heavy atom. The van der Waals surface area contributed by atoms with Crippen LogP contribution in [0.3, 0.4) is 0 Å². The molecule has 0 atom stereocenters. The van der Waals surface area contributed by atoms with Gasteiger partial charge in [0.15, 0.2) is 5.78 Å². The predicted molar refractivity (Wildman–Crippen MR) is 97.6 cm³/mol. The minimum Gasteiger partial charge on any atom is -0.294 e. The van der Waals surface area contributed by atoms with Gasteiger partial charge in [-0.3, -0.25) is 4.79 Å². The van der Waals surface area contributed by atoms with Crippen LogP contribution in [0.5, 0.6) is 0 Å². The lowest BCUT2D eigenvalue weighted by Gasteiger charge is -2.36. The minimum absolute atomic E-state index is 0.130. The van der Waals surface area contributed by atoms with Gasteiger partial charge in [0.2, 0.25) is 0 Å². The summed E-state index contributed by atoms with van der Waals surface area (Å²) < 4.78 is 0. The van der Waals surface area contributed by atoms with E-state index >= 15 is 0 Å². The number of carbonyl (C=O) groups excluding carboxylic acids is 1. The maximum atomic E-state index is 12.2. The van der Waals surface area contributed by atoms with Crippen LogP contribution in [0.4, 0.5) is 0 Å². The molecule has 22 heavy (non-hydrogen) atoms. The van der Waals surface area contributed by atoms with E-state index in [-0.39, 0.29) is 5.78 Å². The number of halogens is 2. The molecule has 0 fully saturated rings. The summed E-state index contributed by atoms with van der Waals surface area (Å²) >= 11 is 12.0. The van der Waals surface area contributed by atoms with Crippen molar-refractivity contribution in [1.82, 2.24) is 0 Å². The van der Waals surface area contributed by atoms with Crippen LogP contribution in [0.2, 0.25) is 10.0 Å². The zero-order valence-electron chi connectivity index (χ0n) is 12.6. The lowest BCUT2D eigenvalue weighted by molar-refractivity contribution is -0.112. The SMILES string of the molecule is CC=CC(=O)CS(C)(c1ccc(Cl)cc1)c1ccc(Cl)cc1. The van der Waals surface area contributed by atoms with E-state index in [0.29, 0.717) is 15.8 Å². The molecule has 2 aromatic rings. The van der Waals surface area contributed by atoms with Gasteiger partial charge >= 0.3 is 0 Å². The molecule has 0 aromatic heterocycles. The van der Waals surface area contributed by atoms with Gasteiger partial charge < -0.3 is 0 Å². The Labute approximate surface area is 143 Å². The topological polar surface area (TPSA) is 17.1 Å². The molecule has 0 aliphatic heterocycles. The summed E-state index contributed by atoms with van der Waals surface area (Å²) in [6.07, 6.45) is 5.57. The molecule has 1 nitrogen and oxygen atoms in total. The molecule has 0 bridgehead atoms. The minimum atomic E-state index is -1.47. The largest absolute Gasteiger partial charge is 0.294 e. The number of hydrogen-bond acceptors (Lipinski definition) is 1. The van der Waals surface area contributed by atoms with Crippen molar-refractivity contribution in [2.75, 3.05) is 12.0 Å². The molecule has 0 saturated carbocycles. The molecule has 0 spiro atoms. The van der Waals surface area contributed by atoms with Crippen LogP contribution >= 0.6 is 33.2 Å². The Balaban J connectivity index is 2.50. The molecule has 2 aromatic carbocycles. The summed E-state index contributed by atoms with van der Waals surface area (Å²) in [5, 5.41) is 1.39. The first kappa shape index (κ1) is 17.1. The number of allylic oxidation sites excluding steroid dienone is 2. The van der Waals surface area contributed by atoms with Crippen LogP contribution < -0.4 is 0 Å². The number of carbonyl (C=O) groups is 1. The van der Waals surface area contributed by atoms with Crippen LogP contribution in [-0.2, 0) is 4.79 Å². The van der Waals surface area contributed by atoms with Gasteiger partial charge in [-0.05, 0) is 77.6 Å². The quantitative estimate of drug-likeness (QED) is 0.603. The standard InChI is InChI=1S/C18H18Cl2OS/c1-3-4-16(21)13-22(2,17-9-5-14(19)6-10-17)18-11-7-15(20)8-12-18/h3-12H,13H2,1-2H3. The van der Waals surface area contributed by atoms with Crippen molar-refractivity contribution in [1.29, 1.82) is 0 Å². The first-order chi connectivity index (χ1) is 10.5. The van der Waals surface area contributed by atoms with Crippen LogP contribution in [0.15, 0.2) is 70.5 Å². The molecule has 0 saturated heterocycles. The van der Waals surface area contributed by atoms with Gasteiger partial charge in [-0.15, -0.1) is 0 Å². The van der Waals surface area contributed by atoms with E-state index in [1.54, 1.807) is 12.2 Å². The van der Waals surface area contributed by atoms with Gasteiger partial charge in [-0.2, -0.15) is 10.0 Å². The first-order valence-electron chi connectivity index (χ1n) is 6.88. The van der Waals surface area contributed by atoms with Crippen LogP contribution in [0.1, 0.15) is 6.92 Å². The molecule has 4 heteroatoms. The average molecular weight is 353 g/mol. The molecule has 0 aliphatic rings. The van der Waals surface area contributed by atoms with E-state index in [9.17, 15) is 4.79 Å². The summed E-state index contributed by atoms with van der Waals surface area (Å²) in [7, 11) is -1.47. The molecular weight excluding hydrogens is 335 g/mol. The molecule has 0 aliphatic carbocycles. The van der Waals surface area contributed by atoms with Crippen molar-refractivity contribution in [3.63, 3.8) is 0 Å². The van der Waals surface area contributed by atoms with Crippen LogP contribution in [-0.4, -0.2) is 17.8 Å². The summed E-state index contributed by atoms with van der Waals surface area (Å²) in [5.74, 6) is 0.602. The molecule has 0 radical (unpaired) electrons. The second-order valence-corrected chi connectivity index (χ2v) is 9.39. The molecule has 0 unspecified atom stereocenters. The van der Waals surface area contributed by atoms with E-state index in [2.05, 4.69) is 6.26 Å². The van der Waals surface area contributed by atoms with Crippen molar-refractivity contribution in [2.45, 2.75) is 16.7 Å².